The fraction of sp³-hybridized carbons (Fsp3) is 0.167. The lowest BCUT2D eigenvalue weighted by atomic mass is 10.0. The largest absolute Gasteiger partial charge is 0.327 e. The second-order valence-corrected chi connectivity index (χ2v) is 5.58. The van der Waals surface area contributed by atoms with Gasteiger partial charge in [-0.15, -0.1) is 0 Å². The molecule has 0 aromatic heterocycles. The molecule has 6 nitrogen and oxygen atoms in total. The van der Waals surface area contributed by atoms with Crippen LogP contribution in [0.15, 0.2) is 54.6 Å². The number of benzene rings is 2. The summed E-state index contributed by atoms with van der Waals surface area (Å²) >= 11 is 0. The first-order valence-electron chi connectivity index (χ1n) is 7.56. The van der Waals surface area contributed by atoms with E-state index in [1.165, 1.54) is 11.9 Å². The van der Waals surface area contributed by atoms with Gasteiger partial charge in [-0.2, -0.15) is 0 Å². The standard InChI is InChI=1S/C18H17N3O3/c1-20-12-17(23)21(18(20)24)11-16(22)19-15-10-6-5-9-14(15)13-7-3-2-4-8-13/h2-10H,11-12H2,1H3,(H,19,22). The van der Waals surface area contributed by atoms with Crippen molar-refractivity contribution in [1.29, 1.82) is 0 Å². The summed E-state index contributed by atoms with van der Waals surface area (Å²) in [7, 11) is 1.53. The molecule has 1 heterocycles. The second-order valence-electron chi connectivity index (χ2n) is 5.58. The minimum atomic E-state index is -0.452. The molecule has 1 aliphatic rings. The van der Waals surface area contributed by atoms with Gasteiger partial charge in [-0.1, -0.05) is 48.5 Å². The zero-order valence-corrected chi connectivity index (χ0v) is 13.2. The Kier molecular flexibility index (Phi) is 4.29. The van der Waals surface area contributed by atoms with E-state index in [9.17, 15) is 14.4 Å². The highest BCUT2D eigenvalue weighted by Crippen LogP contribution is 2.27. The van der Waals surface area contributed by atoms with Crippen molar-refractivity contribution >= 4 is 23.5 Å². The Balaban J connectivity index is 1.76. The number of nitrogens with one attached hydrogen (secondary N) is 1. The van der Waals surface area contributed by atoms with Gasteiger partial charge in [-0.25, -0.2) is 4.79 Å². The predicted octanol–water partition coefficient (Wildman–Crippen LogP) is 2.19. The van der Waals surface area contributed by atoms with E-state index in [-0.39, 0.29) is 19.0 Å². The van der Waals surface area contributed by atoms with Gasteiger partial charge in [0, 0.05) is 18.3 Å². The van der Waals surface area contributed by atoms with E-state index in [2.05, 4.69) is 5.32 Å². The quantitative estimate of drug-likeness (QED) is 0.877. The van der Waals surface area contributed by atoms with Gasteiger partial charge >= 0.3 is 6.03 Å². The normalized spacial score (nSPS) is 14.2. The van der Waals surface area contributed by atoms with Gasteiger partial charge in [-0.05, 0) is 11.6 Å². The number of hydrogen-bond acceptors (Lipinski definition) is 3. The molecule has 0 radical (unpaired) electrons. The SMILES string of the molecule is CN1CC(=O)N(CC(=O)Nc2ccccc2-c2ccccc2)C1=O. The molecule has 0 unspecified atom stereocenters. The van der Waals surface area contributed by atoms with Crippen LogP contribution in [0, 0.1) is 0 Å². The number of hydrogen-bond donors (Lipinski definition) is 1. The van der Waals surface area contributed by atoms with E-state index >= 15 is 0 Å². The molecule has 6 heteroatoms. The van der Waals surface area contributed by atoms with Crippen LogP contribution >= 0.6 is 0 Å². The van der Waals surface area contributed by atoms with Crippen LogP contribution in [-0.2, 0) is 9.59 Å². The van der Waals surface area contributed by atoms with Crippen LogP contribution in [0.1, 0.15) is 0 Å². The Morgan fingerprint density at radius 1 is 1.04 bits per heavy atom. The molecule has 4 amide bonds. The third-order valence-corrected chi connectivity index (χ3v) is 3.82. The molecule has 0 bridgehead atoms. The molecule has 1 fully saturated rings. The van der Waals surface area contributed by atoms with Gasteiger partial charge in [-0.3, -0.25) is 14.5 Å². The molecule has 2 aromatic rings. The summed E-state index contributed by atoms with van der Waals surface area (Å²) in [4.78, 5) is 38.1. The maximum atomic E-state index is 12.3. The molecule has 0 spiro atoms. The number of imide groups is 1. The van der Waals surface area contributed by atoms with Crippen LogP contribution in [0.5, 0.6) is 0 Å². The molecular formula is C18H17N3O3. The van der Waals surface area contributed by atoms with Crippen molar-refractivity contribution in [3.05, 3.63) is 54.6 Å². The van der Waals surface area contributed by atoms with Gasteiger partial charge in [0.2, 0.25) is 5.91 Å². The lowest BCUT2D eigenvalue weighted by molar-refractivity contribution is -0.129. The zero-order valence-electron chi connectivity index (χ0n) is 13.2. The number of amides is 4. The highest BCUT2D eigenvalue weighted by molar-refractivity contribution is 6.06. The van der Waals surface area contributed by atoms with Crippen molar-refractivity contribution in [1.82, 2.24) is 9.80 Å². The molecule has 1 aliphatic heterocycles. The summed E-state index contributed by atoms with van der Waals surface area (Å²) in [6.45, 7) is -0.280. The van der Waals surface area contributed by atoms with E-state index in [4.69, 9.17) is 0 Å². The monoisotopic (exact) mass is 323 g/mol. The summed E-state index contributed by atoms with van der Waals surface area (Å²) in [6.07, 6.45) is 0. The summed E-state index contributed by atoms with van der Waals surface area (Å²) < 4.78 is 0. The molecule has 3 rings (SSSR count). The molecule has 122 valence electrons. The molecule has 2 aromatic carbocycles. The minimum Gasteiger partial charge on any atom is -0.324 e. The van der Waals surface area contributed by atoms with Crippen molar-refractivity contribution < 1.29 is 14.4 Å². The molecule has 0 aliphatic carbocycles. The van der Waals surface area contributed by atoms with Crippen LogP contribution in [0.2, 0.25) is 0 Å². The first-order chi connectivity index (χ1) is 11.6. The van der Waals surface area contributed by atoms with E-state index < -0.39 is 11.9 Å². The van der Waals surface area contributed by atoms with E-state index in [0.29, 0.717) is 5.69 Å². The van der Waals surface area contributed by atoms with Gasteiger partial charge in [0.1, 0.15) is 13.1 Å². The second kappa shape index (κ2) is 6.54. The third kappa shape index (κ3) is 3.12. The highest BCUT2D eigenvalue weighted by Gasteiger charge is 2.34. The first kappa shape index (κ1) is 15.7. The number of urea groups is 1. The van der Waals surface area contributed by atoms with Crippen LogP contribution in [0.4, 0.5) is 10.5 Å². The van der Waals surface area contributed by atoms with E-state index in [0.717, 1.165) is 16.0 Å². The maximum Gasteiger partial charge on any atom is 0.327 e. The Labute approximate surface area is 139 Å². The number of nitrogens with zero attached hydrogens (tertiary/aromatic N) is 2. The minimum absolute atomic E-state index is 0.00666. The lowest BCUT2D eigenvalue weighted by Gasteiger charge is -2.15. The molecule has 0 saturated carbocycles. The molecule has 0 atom stereocenters. The average Bonchev–Trinajstić information content (AvgIpc) is 2.82. The first-order valence-corrected chi connectivity index (χ1v) is 7.56. The number of anilines is 1. The van der Waals surface area contributed by atoms with Gasteiger partial charge in [0.25, 0.3) is 5.91 Å². The third-order valence-electron chi connectivity index (χ3n) is 3.82. The highest BCUT2D eigenvalue weighted by atomic mass is 16.2. The molecule has 24 heavy (non-hydrogen) atoms. The van der Waals surface area contributed by atoms with Crippen LogP contribution in [-0.4, -0.2) is 47.8 Å². The predicted molar refractivity (Wildman–Crippen MR) is 90.2 cm³/mol. The average molecular weight is 323 g/mol. The molecule has 1 N–H and O–H groups in total. The molecular weight excluding hydrogens is 306 g/mol. The van der Waals surface area contributed by atoms with Crippen molar-refractivity contribution in [3.63, 3.8) is 0 Å². The number of para-hydroxylation sites is 1. The Bertz CT molecular complexity index is 789. The van der Waals surface area contributed by atoms with Crippen LogP contribution in [0.3, 0.4) is 0 Å². The van der Waals surface area contributed by atoms with Crippen LogP contribution < -0.4 is 5.32 Å². The summed E-state index contributed by atoms with van der Waals surface area (Å²) in [5.41, 5.74) is 2.49. The van der Waals surface area contributed by atoms with Gasteiger partial charge < -0.3 is 10.2 Å². The van der Waals surface area contributed by atoms with Crippen molar-refractivity contribution in [2.24, 2.45) is 0 Å². The number of carbonyl (C=O) groups is 3. The Hall–Kier alpha value is -3.15. The van der Waals surface area contributed by atoms with Crippen molar-refractivity contribution in [3.8, 4) is 11.1 Å². The number of carbonyl (C=O) groups excluding carboxylic acids is 3. The van der Waals surface area contributed by atoms with E-state index in [1.807, 2.05) is 48.5 Å². The maximum absolute atomic E-state index is 12.3. The summed E-state index contributed by atoms with van der Waals surface area (Å²) in [6, 6.07) is 16.6. The zero-order chi connectivity index (χ0) is 17.1. The van der Waals surface area contributed by atoms with Crippen molar-refractivity contribution in [2.75, 3.05) is 25.5 Å². The molecule has 1 saturated heterocycles. The Morgan fingerprint density at radius 3 is 2.38 bits per heavy atom. The number of rotatable bonds is 4. The Morgan fingerprint density at radius 2 is 1.71 bits per heavy atom. The lowest BCUT2D eigenvalue weighted by Crippen LogP contribution is -2.38. The van der Waals surface area contributed by atoms with Gasteiger partial charge in [0.05, 0.1) is 0 Å². The van der Waals surface area contributed by atoms with E-state index in [1.54, 1.807) is 6.07 Å². The fourth-order valence-corrected chi connectivity index (χ4v) is 2.62. The fourth-order valence-electron chi connectivity index (χ4n) is 2.62. The number of likely N-dealkylation sites (N-methyl/N-ethyl adjacent to an activating group) is 1. The summed E-state index contributed by atoms with van der Waals surface area (Å²) in [5, 5.41) is 2.79. The van der Waals surface area contributed by atoms with Crippen molar-refractivity contribution in [2.45, 2.75) is 0 Å². The topological polar surface area (TPSA) is 69.7 Å². The summed E-state index contributed by atoms with van der Waals surface area (Å²) in [5.74, 6) is -0.774. The smallest absolute Gasteiger partial charge is 0.324 e. The van der Waals surface area contributed by atoms with Gasteiger partial charge in [0.15, 0.2) is 0 Å². The van der Waals surface area contributed by atoms with Crippen LogP contribution in [0.25, 0.3) is 11.1 Å².